The van der Waals surface area contributed by atoms with Crippen LogP contribution in [0.5, 0.6) is 0 Å². The van der Waals surface area contributed by atoms with Gasteiger partial charge in [0.25, 0.3) is 0 Å². The predicted molar refractivity (Wildman–Crippen MR) is 85.3 cm³/mol. The highest BCUT2D eigenvalue weighted by Crippen LogP contribution is 2.32. The molecule has 1 aromatic heterocycles. The van der Waals surface area contributed by atoms with Crippen LogP contribution in [0.3, 0.4) is 0 Å². The average molecular weight is 286 g/mol. The standard InChI is InChI=1S/C17H22N2S/c1-17(2,3)12-9-7-11(8-10-12)15(18)16-19-13-5-4-6-14(13)20-16/h7-10,15H,4-6,18H2,1-3H3. The molecule has 2 N–H and O–H groups in total. The van der Waals surface area contributed by atoms with Gasteiger partial charge in [0, 0.05) is 4.88 Å². The van der Waals surface area contributed by atoms with Crippen molar-refractivity contribution < 1.29 is 0 Å². The Labute approximate surface area is 125 Å². The maximum Gasteiger partial charge on any atom is 0.114 e. The van der Waals surface area contributed by atoms with E-state index < -0.39 is 0 Å². The zero-order valence-corrected chi connectivity index (χ0v) is 13.3. The summed E-state index contributed by atoms with van der Waals surface area (Å²) in [5, 5.41) is 1.07. The van der Waals surface area contributed by atoms with Crippen LogP contribution in [0.1, 0.15) is 59.9 Å². The fraction of sp³-hybridized carbons (Fsp3) is 0.471. The average Bonchev–Trinajstić information content (AvgIpc) is 2.97. The van der Waals surface area contributed by atoms with E-state index in [9.17, 15) is 0 Å². The van der Waals surface area contributed by atoms with Crippen LogP contribution in [0, 0.1) is 0 Å². The van der Waals surface area contributed by atoms with Gasteiger partial charge in [-0.15, -0.1) is 11.3 Å². The molecule has 106 valence electrons. The number of thiazole rings is 1. The van der Waals surface area contributed by atoms with E-state index in [4.69, 9.17) is 10.7 Å². The third-order valence-corrected chi connectivity index (χ3v) is 5.25. The molecule has 0 saturated heterocycles. The zero-order valence-electron chi connectivity index (χ0n) is 12.4. The first-order chi connectivity index (χ1) is 9.45. The first-order valence-electron chi connectivity index (χ1n) is 7.29. The van der Waals surface area contributed by atoms with Crippen molar-refractivity contribution in [1.82, 2.24) is 4.98 Å². The molecular weight excluding hydrogens is 264 g/mol. The van der Waals surface area contributed by atoms with Gasteiger partial charge >= 0.3 is 0 Å². The molecule has 2 nitrogen and oxygen atoms in total. The van der Waals surface area contributed by atoms with E-state index in [1.54, 1.807) is 11.3 Å². The molecule has 1 unspecified atom stereocenters. The van der Waals surface area contributed by atoms with E-state index in [-0.39, 0.29) is 11.5 Å². The third kappa shape index (κ3) is 2.52. The van der Waals surface area contributed by atoms with Crippen LogP contribution in [-0.4, -0.2) is 4.98 Å². The Morgan fingerprint density at radius 3 is 2.45 bits per heavy atom. The maximum atomic E-state index is 6.38. The number of nitrogens with two attached hydrogens (primary N) is 1. The summed E-state index contributed by atoms with van der Waals surface area (Å²) in [7, 11) is 0. The Balaban J connectivity index is 1.84. The minimum absolute atomic E-state index is 0.0837. The van der Waals surface area contributed by atoms with Crippen molar-refractivity contribution in [3.8, 4) is 0 Å². The minimum Gasteiger partial charge on any atom is -0.318 e. The van der Waals surface area contributed by atoms with Crippen molar-refractivity contribution in [2.75, 3.05) is 0 Å². The van der Waals surface area contributed by atoms with Crippen LogP contribution >= 0.6 is 11.3 Å². The van der Waals surface area contributed by atoms with Crippen molar-refractivity contribution >= 4 is 11.3 Å². The van der Waals surface area contributed by atoms with Gasteiger partial charge in [0.1, 0.15) is 5.01 Å². The van der Waals surface area contributed by atoms with Crippen LogP contribution in [0.25, 0.3) is 0 Å². The molecule has 0 aliphatic heterocycles. The second-order valence-corrected chi connectivity index (χ2v) is 7.74. The molecule has 0 amide bonds. The summed E-state index contributed by atoms with van der Waals surface area (Å²) in [5.41, 5.74) is 10.4. The lowest BCUT2D eigenvalue weighted by molar-refractivity contribution is 0.589. The van der Waals surface area contributed by atoms with E-state index in [1.165, 1.54) is 29.0 Å². The molecule has 0 saturated carbocycles. The highest BCUT2D eigenvalue weighted by Gasteiger charge is 2.21. The Bertz CT molecular complexity index is 583. The van der Waals surface area contributed by atoms with Gasteiger partial charge in [-0.1, -0.05) is 45.0 Å². The van der Waals surface area contributed by atoms with Crippen LogP contribution in [-0.2, 0) is 18.3 Å². The molecule has 2 aromatic rings. The number of aryl methyl sites for hydroxylation is 2. The molecule has 0 spiro atoms. The Kier molecular flexibility index (Phi) is 3.43. The summed E-state index contributed by atoms with van der Waals surface area (Å²) < 4.78 is 0. The lowest BCUT2D eigenvalue weighted by Gasteiger charge is -2.20. The number of benzene rings is 1. The highest BCUT2D eigenvalue weighted by molar-refractivity contribution is 7.11. The monoisotopic (exact) mass is 286 g/mol. The largest absolute Gasteiger partial charge is 0.318 e. The number of hydrogen-bond acceptors (Lipinski definition) is 3. The second kappa shape index (κ2) is 4.97. The molecule has 0 radical (unpaired) electrons. The van der Waals surface area contributed by atoms with Gasteiger partial charge in [0.15, 0.2) is 0 Å². The summed E-state index contributed by atoms with van der Waals surface area (Å²) in [6.45, 7) is 6.69. The fourth-order valence-electron chi connectivity index (χ4n) is 2.68. The number of hydrogen-bond donors (Lipinski definition) is 1. The topological polar surface area (TPSA) is 38.9 Å². The maximum absolute atomic E-state index is 6.38. The predicted octanol–water partition coefficient (Wildman–Crippen LogP) is 3.98. The van der Waals surface area contributed by atoms with Gasteiger partial charge in [-0.25, -0.2) is 4.98 Å². The number of fused-ring (bicyclic) bond motifs is 1. The SMILES string of the molecule is CC(C)(C)c1ccc(C(N)c2nc3c(s2)CCC3)cc1. The molecule has 3 rings (SSSR count). The number of rotatable bonds is 2. The smallest absolute Gasteiger partial charge is 0.114 e. The number of nitrogens with zero attached hydrogens (tertiary/aromatic N) is 1. The van der Waals surface area contributed by atoms with Gasteiger partial charge in [0.2, 0.25) is 0 Å². The Morgan fingerprint density at radius 2 is 1.85 bits per heavy atom. The van der Waals surface area contributed by atoms with Gasteiger partial charge in [0.05, 0.1) is 11.7 Å². The second-order valence-electron chi connectivity index (χ2n) is 6.63. The molecule has 0 bridgehead atoms. The van der Waals surface area contributed by atoms with Crippen molar-refractivity contribution in [2.45, 2.75) is 51.5 Å². The first-order valence-corrected chi connectivity index (χ1v) is 8.11. The molecule has 20 heavy (non-hydrogen) atoms. The third-order valence-electron chi connectivity index (χ3n) is 4.01. The van der Waals surface area contributed by atoms with E-state index in [2.05, 4.69) is 45.0 Å². The van der Waals surface area contributed by atoms with E-state index in [1.807, 2.05) is 0 Å². The molecule has 3 heteroatoms. The Morgan fingerprint density at radius 1 is 1.15 bits per heavy atom. The number of aromatic nitrogens is 1. The summed E-state index contributed by atoms with van der Waals surface area (Å²) in [6, 6.07) is 8.60. The van der Waals surface area contributed by atoms with E-state index in [0.717, 1.165) is 17.0 Å². The molecule has 1 aromatic carbocycles. The molecule has 1 aliphatic rings. The fourth-order valence-corrected chi connectivity index (χ4v) is 3.86. The van der Waals surface area contributed by atoms with E-state index >= 15 is 0 Å². The quantitative estimate of drug-likeness (QED) is 0.907. The zero-order chi connectivity index (χ0) is 14.3. The van der Waals surface area contributed by atoms with Crippen LogP contribution in [0.15, 0.2) is 24.3 Å². The summed E-state index contributed by atoms with van der Waals surface area (Å²) in [5.74, 6) is 0. The summed E-state index contributed by atoms with van der Waals surface area (Å²) in [4.78, 5) is 6.18. The normalized spacial score (nSPS) is 16.2. The van der Waals surface area contributed by atoms with Crippen LogP contribution in [0.2, 0.25) is 0 Å². The minimum atomic E-state index is -0.0837. The molecule has 1 heterocycles. The van der Waals surface area contributed by atoms with Crippen molar-refractivity contribution in [3.63, 3.8) is 0 Å². The Hall–Kier alpha value is -1.19. The highest BCUT2D eigenvalue weighted by atomic mass is 32.1. The lowest BCUT2D eigenvalue weighted by atomic mass is 9.86. The first kappa shape index (κ1) is 13.8. The summed E-state index contributed by atoms with van der Waals surface area (Å²) in [6.07, 6.45) is 3.56. The molecule has 0 fully saturated rings. The van der Waals surface area contributed by atoms with Gasteiger partial charge in [-0.3, -0.25) is 0 Å². The summed E-state index contributed by atoms with van der Waals surface area (Å²) >= 11 is 1.80. The van der Waals surface area contributed by atoms with E-state index in [0.29, 0.717) is 0 Å². The van der Waals surface area contributed by atoms with Gasteiger partial charge in [-0.2, -0.15) is 0 Å². The van der Waals surface area contributed by atoms with Crippen molar-refractivity contribution in [1.29, 1.82) is 0 Å². The van der Waals surface area contributed by atoms with Gasteiger partial charge in [-0.05, 0) is 35.8 Å². The van der Waals surface area contributed by atoms with Crippen LogP contribution in [0.4, 0.5) is 0 Å². The molecule has 1 atom stereocenters. The van der Waals surface area contributed by atoms with Crippen molar-refractivity contribution in [2.24, 2.45) is 5.73 Å². The molecule has 1 aliphatic carbocycles. The lowest BCUT2D eigenvalue weighted by Crippen LogP contribution is -2.14. The van der Waals surface area contributed by atoms with Crippen LogP contribution < -0.4 is 5.73 Å². The molecular formula is C17H22N2S. The van der Waals surface area contributed by atoms with Gasteiger partial charge < -0.3 is 5.73 Å². The van der Waals surface area contributed by atoms with Crippen molar-refractivity contribution in [3.05, 3.63) is 51.0 Å².